The molecule has 0 N–H and O–H groups in total. The summed E-state index contributed by atoms with van der Waals surface area (Å²) in [6.45, 7) is 5.87. The Kier molecular flexibility index (Phi) is 4.44. The van der Waals surface area contributed by atoms with Crippen molar-refractivity contribution in [3.8, 4) is 0 Å². The molecule has 0 aliphatic carbocycles. The maximum absolute atomic E-state index is 12.1. The Balaban J connectivity index is 3.08. The molecular weight excluding hydrogens is 256 g/mol. The van der Waals surface area contributed by atoms with Crippen molar-refractivity contribution in [3.05, 3.63) is 51.1 Å². The molecule has 0 radical (unpaired) electrons. The highest BCUT2D eigenvalue weighted by atomic mass is 35.5. The van der Waals surface area contributed by atoms with Gasteiger partial charge in [-0.25, -0.2) is 0 Å². The Morgan fingerprint density at radius 3 is 2.67 bits per heavy atom. The van der Waals surface area contributed by atoms with E-state index in [1.165, 1.54) is 23.1 Å². The summed E-state index contributed by atoms with van der Waals surface area (Å²) in [5.74, 6) is -0.369. The minimum atomic E-state index is -0.564. The van der Waals surface area contributed by atoms with Crippen LogP contribution in [-0.4, -0.2) is 29.3 Å². The molecule has 1 amide bonds. The van der Waals surface area contributed by atoms with E-state index in [4.69, 9.17) is 11.6 Å². The first-order valence-electron chi connectivity index (χ1n) is 5.16. The quantitative estimate of drug-likeness (QED) is 0.479. The van der Waals surface area contributed by atoms with Gasteiger partial charge in [-0.2, -0.15) is 0 Å². The Labute approximate surface area is 110 Å². The standard InChI is InChI=1S/C12H13ClN2O3/c1-8(2)7-14(3)12(16)10-6-9(15(17)18)4-5-11(10)13/h4-6H,1,7H2,2-3H3. The number of carbonyl (C=O) groups excluding carboxylic acids is 1. The largest absolute Gasteiger partial charge is 0.338 e. The van der Waals surface area contributed by atoms with Crippen LogP contribution in [0.1, 0.15) is 17.3 Å². The van der Waals surface area contributed by atoms with Crippen molar-refractivity contribution in [3.63, 3.8) is 0 Å². The number of nitrogens with zero attached hydrogens (tertiary/aromatic N) is 2. The molecule has 0 heterocycles. The molecule has 0 saturated heterocycles. The second-order valence-electron chi connectivity index (χ2n) is 4.04. The molecule has 0 spiro atoms. The zero-order chi connectivity index (χ0) is 13.9. The van der Waals surface area contributed by atoms with Gasteiger partial charge in [0.2, 0.25) is 0 Å². The van der Waals surface area contributed by atoms with E-state index in [-0.39, 0.29) is 22.2 Å². The lowest BCUT2D eigenvalue weighted by Gasteiger charge is -2.17. The number of nitro benzene ring substituents is 1. The Morgan fingerprint density at radius 2 is 2.17 bits per heavy atom. The number of halogens is 1. The van der Waals surface area contributed by atoms with Crippen molar-refractivity contribution < 1.29 is 9.72 Å². The van der Waals surface area contributed by atoms with Crippen LogP contribution < -0.4 is 0 Å². The van der Waals surface area contributed by atoms with Crippen LogP contribution in [-0.2, 0) is 0 Å². The molecule has 18 heavy (non-hydrogen) atoms. The molecule has 0 unspecified atom stereocenters. The normalized spacial score (nSPS) is 9.94. The van der Waals surface area contributed by atoms with Crippen LogP contribution in [0.15, 0.2) is 30.4 Å². The van der Waals surface area contributed by atoms with Gasteiger partial charge in [0.25, 0.3) is 11.6 Å². The molecule has 0 aliphatic heterocycles. The molecule has 0 atom stereocenters. The molecule has 1 rings (SSSR count). The molecule has 0 bridgehead atoms. The number of nitro groups is 1. The van der Waals surface area contributed by atoms with Crippen molar-refractivity contribution in [2.24, 2.45) is 0 Å². The smallest absolute Gasteiger partial charge is 0.270 e. The first kappa shape index (κ1) is 14.2. The second-order valence-corrected chi connectivity index (χ2v) is 4.45. The van der Waals surface area contributed by atoms with Crippen LogP contribution >= 0.6 is 11.6 Å². The highest BCUT2D eigenvalue weighted by Crippen LogP contribution is 2.23. The lowest BCUT2D eigenvalue weighted by atomic mass is 10.1. The number of hydrogen-bond acceptors (Lipinski definition) is 3. The average molecular weight is 269 g/mol. The summed E-state index contributed by atoms with van der Waals surface area (Å²) in [5, 5.41) is 10.9. The van der Waals surface area contributed by atoms with E-state index in [1.807, 2.05) is 0 Å². The number of rotatable bonds is 4. The molecule has 1 aromatic carbocycles. The first-order chi connectivity index (χ1) is 8.32. The lowest BCUT2D eigenvalue weighted by Crippen LogP contribution is -2.28. The zero-order valence-corrected chi connectivity index (χ0v) is 10.9. The van der Waals surface area contributed by atoms with E-state index in [0.29, 0.717) is 6.54 Å². The van der Waals surface area contributed by atoms with Gasteiger partial charge in [0, 0.05) is 25.7 Å². The number of carbonyl (C=O) groups is 1. The maximum atomic E-state index is 12.1. The van der Waals surface area contributed by atoms with E-state index in [2.05, 4.69) is 6.58 Å². The Bertz CT molecular complexity index is 514. The molecule has 1 aromatic rings. The average Bonchev–Trinajstić information content (AvgIpc) is 2.27. The minimum absolute atomic E-state index is 0.120. The summed E-state index contributed by atoms with van der Waals surface area (Å²) >= 11 is 5.88. The topological polar surface area (TPSA) is 63.5 Å². The van der Waals surface area contributed by atoms with E-state index in [1.54, 1.807) is 14.0 Å². The number of amides is 1. The summed E-state index contributed by atoms with van der Waals surface area (Å²) in [7, 11) is 1.59. The number of hydrogen-bond donors (Lipinski definition) is 0. The number of likely N-dealkylation sites (N-methyl/N-ethyl adjacent to an activating group) is 1. The maximum Gasteiger partial charge on any atom is 0.270 e. The molecule has 0 fully saturated rings. The highest BCUT2D eigenvalue weighted by Gasteiger charge is 2.18. The summed E-state index contributed by atoms with van der Waals surface area (Å²) < 4.78 is 0. The molecule has 96 valence electrons. The van der Waals surface area contributed by atoms with Gasteiger partial charge in [0.05, 0.1) is 15.5 Å². The van der Waals surface area contributed by atoms with Crippen molar-refractivity contribution >= 4 is 23.2 Å². The summed E-state index contributed by atoms with van der Waals surface area (Å²) in [6.07, 6.45) is 0. The van der Waals surface area contributed by atoms with Crippen LogP contribution in [0.4, 0.5) is 5.69 Å². The van der Waals surface area contributed by atoms with E-state index in [9.17, 15) is 14.9 Å². The predicted octanol–water partition coefficient (Wildman–Crippen LogP) is 2.90. The van der Waals surface area contributed by atoms with Gasteiger partial charge < -0.3 is 4.90 Å². The molecular formula is C12H13ClN2O3. The summed E-state index contributed by atoms with van der Waals surface area (Å²) in [6, 6.07) is 3.79. The van der Waals surface area contributed by atoms with Crippen molar-refractivity contribution in [2.45, 2.75) is 6.92 Å². The number of non-ortho nitro benzene ring substituents is 1. The number of benzene rings is 1. The SMILES string of the molecule is C=C(C)CN(C)C(=O)c1cc([N+](=O)[O-])ccc1Cl. The molecule has 0 saturated carbocycles. The van der Waals surface area contributed by atoms with Gasteiger partial charge >= 0.3 is 0 Å². The summed E-state index contributed by atoms with van der Waals surface area (Å²) in [5.41, 5.74) is 0.772. The second kappa shape index (κ2) is 5.64. The van der Waals surface area contributed by atoms with Gasteiger partial charge in [-0.05, 0) is 13.0 Å². The van der Waals surface area contributed by atoms with E-state index < -0.39 is 4.92 Å². The van der Waals surface area contributed by atoms with Crippen LogP contribution in [0, 0.1) is 10.1 Å². The third-order valence-corrected chi connectivity index (χ3v) is 2.57. The zero-order valence-electron chi connectivity index (χ0n) is 10.1. The third kappa shape index (κ3) is 3.30. The third-order valence-electron chi connectivity index (χ3n) is 2.24. The van der Waals surface area contributed by atoms with Crippen LogP contribution in [0.3, 0.4) is 0 Å². The van der Waals surface area contributed by atoms with Crippen molar-refractivity contribution in [1.29, 1.82) is 0 Å². The highest BCUT2D eigenvalue weighted by molar-refractivity contribution is 6.33. The minimum Gasteiger partial charge on any atom is -0.338 e. The van der Waals surface area contributed by atoms with Crippen LogP contribution in [0.5, 0.6) is 0 Å². The van der Waals surface area contributed by atoms with Crippen LogP contribution in [0.25, 0.3) is 0 Å². The fraction of sp³-hybridized carbons (Fsp3) is 0.250. The van der Waals surface area contributed by atoms with Crippen molar-refractivity contribution in [2.75, 3.05) is 13.6 Å². The molecule has 0 aliphatic rings. The molecule has 6 heteroatoms. The Hall–Kier alpha value is -1.88. The Morgan fingerprint density at radius 1 is 1.56 bits per heavy atom. The van der Waals surface area contributed by atoms with E-state index >= 15 is 0 Å². The van der Waals surface area contributed by atoms with Gasteiger partial charge in [-0.3, -0.25) is 14.9 Å². The van der Waals surface area contributed by atoms with Crippen LogP contribution in [0.2, 0.25) is 5.02 Å². The fourth-order valence-corrected chi connectivity index (χ4v) is 1.67. The first-order valence-corrected chi connectivity index (χ1v) is 5.54. The monoisotopic (exact) mass is 268 g/mol. The van der Waals surface area contributed by atoms with Gasteiger partial charge in [-0.1, -0.05) is 23.8 Å². The van der Waals surface area contributed by atoms with Gasteiger partial charge in [-0.15, -0.1) is 0 Å². The molecule has 5 nitrogen and oxygen atoms in total. The van der Waals surface area contributed by atoms with Gasteiger partial charge in [0.15, 0.2) is 0 Å². The van der Waals surface area contributed by atoms with Crippen molar-refractivity contribution in [1.82, 2.24) is 4.90 Å². The summed E-state index contributed by atoms with van der Waals surface area (Å²) in [4.78, 5) is 23.6. The van der Waals surface area contributed by atoms with E-state index in [0.717, 1.165) is 5.57 Å². The lowest BCUT2D eigenvalue weighted by molar-refractivity contribution is -0.384. The fourth-order valence-electron chi connectivity index (χ4n) is 1.47. The van der Waals surface area contributed by atoms with Gasteiger partial charge in [0.1, 0.15) is 0 Å². The molecule has 0 aromatic heterocycles. The predicted molar refractivity (Wildman–Crippen MR) is 69.9 cm³/mol.